The Kier molecular flexibility index (Phi) is 3.45. The summed E-state index contributed by atoms with van der Waals surface area (Å²) < 4.78 is 1.72. The van der Waals surface area contributed by atoms with Gasteiger partial charge < -0.3 is 5.73 Å². The quantitative estimate of drug-likeness (QED) is 0.743. The molecule has 0 amide bonds. The van der Waals surface area contributed by atoms with Gasteiger partial charge in [0.25, 0.3) is 0 Å². The molecule has 1 aromatic heterocycles. The summed E-state index contributed by atoms with van der Waals surface area (Å²) in [6.07, 6.45) is 3.65. The molecule has 0 saturated carbocycles. The molecule has 0 bridgehead atoms. The summed E-state index contributed by atoms with van der Waals surface area (Å²) in [4.78, 5) is 4.37. The second kappa shape index (κ2) is 4.60. The molecule has 1 heterocycles. The molecule has 0 aliphatic rings. The molecule has 1 rings (SSSR count). The first-order valence-corrected chi connectivity index (χ1v) is 4.58. The molecular formula is C10H16N4. The molecule has 76 valence electrons. The largest absolute Gasteiger partial charge is 0.384 e. The third-order valence-corrected chi connectivity index (χ3v) is 1.91. The van der Waals surface area contributed by atoms with Crippen molar-refractivity contribution in [1.82, 2.24) is 9.78 Å². The predicted molar refractivity (Wildman–Crippen MR) is 59.2 cm³/mol. The molecule has 2 N–H and O–H groups in total. The second-order valence-electron chi connectivity index (χ2n) is 3.19. The lowest BCUT2D eigenvalue weighted by Crippen LogP contribution is -2.10. The van der Waals surface area contributed by atoms with Crippen molar-refractivity contribution in [3.05, 3.63) is 24.0 Å². The monoisotopic (exact) mass is 192 g/mol. The maximum atomic E-state index is 5.68. The fourth-order valence-corrected chi connectivity index (χ4v) is 1.09. The van der Waals surface area contributed by atoms with Gasteiger partial charge in [0, 0.05) is 11.4 Å². The Morgan fingerprint density at radius 2 is 2.36 bits per heavy atom. The molecule has 0 saturated heterocycles. The van der Waals surface area contributed by atoms with Crippen LogP contribution < -0.4 is 5.73 Å². The minimum Gasteiger partial charge on any atom is -0.384 e. The molecule has 14 heavy (non-hydrogen) atoms. The van der Waals surface area contributed by atoms with Crippen LogP contribution in [-0.2, 0) is 6.54 Å². The number of aromatic nitrogens is 2. The van der Waals surface area contributed by atoms with Gasteiger partial charge in [-0.05, 0) is 26.8 Å². The Balaban J connectivity index is 2.71. The van der Waals surface area contributed by atoms with Gasteiger partial charge in [-0.2, -0.15) is 5.10 Å². The zero-order valence-electron chi connectivity index (χ0n) is 8.86. The minimum absolute atomic E-state index is 0.643. The van der Waals surface area contributed by atoms with E-state index >= 15 is 0 Å². The van der Waals surface area contributed by atoms with Crippen molar-refractivity contribution in [3.63, 3.8) is 0 Å². The van der Waals surface area contributed by atoms with Crippen LogP contribution in [0.5, 0.6) is 0 Å². The van der Waals surface area contributed by atoms with Crippen LogP contribution in [0.1, 0.15) is 20.8 Å². The van der Waals surface area contributed by atoms with Crippen molar-refractivity contribution >= 4 is 11.5 Å². The van der Waals surface area contributed by atoms with Crippen molar-refractivity contribution in [3.8, 4) is 0 Å². The van der Waals surface area contributed by atoms with E-state index in [1.54, 1.807) is 16.9 Å². The molecule has 0 radical (unpaired) electrons. The molecular weight excluding hydrogens is 176 g/mol. The zero-order chi connectivity index (χ0) is 10.6. The van der Waals surface area contributed by atoms with E-state index < -0.39 is 0 Å². The molecule has 0 unspecified atom stereocenters. The van der Waals surface area contributed by atoms with E-state index in [4.69, 9.17) is 5.73 Å². The van der Waals surface area contributed by atoms with Crippen molar-refractivity contribution in [2.24, 2.45) is 4.99 Å². The van der Waals surface area contributed by atoms with E-state index in [1.165, 1.54) is 0 Å². The van der Waals surface area contributed by atoms with Gasteiger partial charge in [0.1, 0.15) is 5.82 Å². The van der Waals surface area contributed by atoms with Crippen LogP contribution in [0.25, 0.3) is 0 Å². The lowest BCUT2D eigenvalue weighted by molar-refractivity contribution is 0.732. The van der Waals surface area contributed by atoms with Gasteiger partial charge in [0.05, 0.1) is 12.7 Å². The summed E-state index contributed by atoms with van der Waals surface area (Å²) in [5, 5.41) is 4.08. The van der Waals surface area contributed by atoms with Crippen molar-refractivity contribution in [1.29, 1.82) is 0 Å². The van der Waals surface area contributed by atoms with Crippen molar-refractivity contribution in [2.75, 3.05) is 5.73 Å². The molecule has 4 nitrogen and oxygen atoms in total. The Morgan fingerprint density at radius 3 is 2.86 bits per heavy atom. The van der Waals surface area contributed by atoms with E-state index in [1.807, 2.05) is 26.8 Å². The van der Waals surface area contributed by atoms with Crippen molar-refractivity contribution < 1.29 is 0 Å². The molecule has 0 aliphatic carbocycles. The summed E-state index contributed by atoms with van der Waals surface area (Å²) in [5.41, 5.74) is 7.69. The molecule has 1 aromatic rings. The van der Waals surface area contributed by atoms with Crippen molar-refractivity contribution in [2.45, 2.75) is 27.3 Å². The molecule has 4 heteroatoms. The molecule has 0 aromatic carbocycles. The van der Waals surface area contributed by atoms with E-state index in [0.29, 0.717) is 12.4 Å². The highest BCUT2D eigenvalue weighted by Gasteiger charge is 1.99. The summed E-state index contributed by atoms with van der Waals surface area (Å²) in [6.45, 7) is 6.54. The first-order chi connectivity index (χ1) is 6.63. The van der Waals surface area contributed by atoms with Crippen LogP contribution >= 0.6 is 0 Å². The summed E-state index contributed by atoms with van der Waals surface area (Å²) in [5.74, 6) is 0.665. The fourth-order valence-electron chi connectivity index (χ4n) is 1.09. The highest BCUT2D eigenvalue weighted by atomic mass is 15.3. The number of hydrogen-bond acceptors (Lipinski definition) is 3. The number of nitrogens with two attached hydrogens (primary N) is 1. The van der Waals surface area contributed by atoms with E-state index in [-0.39, 0.29) is 0 Å². The Labute approximate surface area is 84.1 Å². The number of allylic oxidation sites excluding steroid dienone is 2. The van der Waals surface area contributed by atoms with E-state index in [0.717, 1.165) is 11.4 Å². The van der Waals surface area contributed by atoms with Gasteiger partial charge in [0.15, 0.2) is 0 Å². The first kappa shape index (κ1) is 10.5. The summed E-state index contributed by atoms with van der Waals surface area (Å²) in [7, 11) is 0. The number of rotatable bonds is 3. The molecule has 0 fully saturated rings. The van der Waals surface area contributed by atoms with Crippen LogP contribution in [0.4, 0.5) is 5.82 Å². The Morgan fingerprint density at radius 1 is 1.64 bits per heavy atom. The maximum absolute atomic E-state index is 5.68. The zero-order valence-corrected chi connectivity index (χ0v) is 8.86. The van der Waals surface area contributed by atoms with Gasteiger partial charge in [-0.3, -0.25) is 4.99 Å². The maximum Gasteiger partial charge on any atom is 0.122 e. The van der Waals surface area contributed by atoms with Crippen LogP contribution in [0.2, 0.25) is 0 Å². The number of aliphatic imine (C=N–C) groups is 1. The van der Waals surface area contributed by atoms with Crippen LogP contribution in [0.15, 0.2) is 29.0 Å². The number of anilines is 1. The SMILES string of the molecule is C/C=C(/C)N=C(C)Cn1nccc1N. The number of hydrogen-bond donors (Lipinski definition) is 1. The highest BCUT2D eigenvalue weighted by Crippen LogP contribution is 2.01. The minimum atomic E-state index is 0.643. The van der Waals surface area contributed by atoms with Gasteiger partial charge in [0.2, 0.25) is 0 Å². The topological polar surface area (TPSA) is 56.2 Å². The number of nitrogens with zero attached hydrogens (tertiary/aromatic N) is 3. The average molecular weight is 192 g/mol. The van der Waals surface area contributed by atoms with Crippen LogP contribution in [0, 0.1) is 0 Å². The molecule has 0 spiro atoms. The van der Waals surface area contributed by atoms with Gasteiger partial charge in [-0.15, -0.1) is 0 Å². The second-order valence-corrected chi connectivity index (χ2v) is 3.19. The lowest BCUT2D eigenvalue weighted by Gasteiger charge is -2.03. The van der Waals surface area contributed by atoms with E-state index in [2.05, 4.69) is 10.1 Å². The van der Waals surface area contributed by atoms with Crippen LogP contribution in [-0.4, -0.2) is 15.5 Å². The molecule has 0 aliphatic heterocycles. The Hall–Kier alpha value is -1.58. The Bertz CT molecular complexity index is 360. The highest BCUT2D eigenvalue weighted by molar-refractivity contribution is 5.82. The standard InChI is InChI=1S/C10H16N4/c1-4-8(2)13-9(3)7-14-10(11)5-6-12-14/h4-6H,7,11H2,1-3H3/b8-4-,13-9?. The third kappa shape index (κ3) is 2.73. The van der Waals surface area contributed by atoms with Gasteiger partial charge in [-0.25, -0.2) is 4.68 Å². The lowest BCUT2D eigenvalue weighted by atomic mass is 10.4. The number of nitrogen functional groups attached to an aromatic ring is 1. The average Bonchev–Trinajstić information content (AvgIpc) is 2.51. The summed E-state index contributed by atoms with van der Waals surface area (Å²) >= 11 is 0. The molecule has 0 atom stereocenters. The fraction of sp³-hybridized carbons (Fsp3) is 0.400. The predicted octanol–water partition coefficient (Wildman–Crippen LogP) is 1.85. The van der Waals surface area contributed by atoms with Gasteiger partial charge in [-0.1, -0.05) is 6.08 Å². The van der Waals surface area contributed by atoms with Gasteiger partial charge >= 0.3 is 0 Å². The third-order valence-electron chi connectivity index (χ3n) is 1.91. The first-order valence-electron chi connectivity index (χ1n) is 4.58. The smallest absolute Gasteiger partial charge is 0.122 e. The van der Waals surface area contributed by atoms with Crippen LogP contribution in [0.3, 0.4) is 0 Å². The normalized spacial score (nSPS) is 13.4. The van der Waals surface area contributed by atoms with E-state index in [9.17, 15) is 0 Å². The summed E-state index contributed by atoms with van der Waals surface area (Å²) in [6, 6.07) is 1.77.